The predicted molar refractivity (Wildman–Crippen MR) is 48.5 cm³/mol. The van der Waals surface area contributed by atoms with E-state index < -0.39 is 18.7 Å². The van der Waals surface area contributed by atoms with Crippen LogP contribution in [0.3, 0.4) is 0 Å². The van der Waals surface area contributed by atoms with Crippen LogP contribution in [0.1, 0.15) is 5.56 Å². The number of nitrogens with two attached hydrogens (primary N) is 1. The topological polar surface area (TPSA) is 55.5 Å². The van der Waals surface area contributed by atoms with Crippen LogP contribution in [0.2, 0.25) is 5.02 Å². The van der Waals surface area contributed by atoms with Gasteiger partial charge < -0.3 is 15.6 Å². The van der Waals surface area contributed by atoms with E-state index in [1.807, 2.05) is 0 Å². The molecule has 15 heavy (non-hydrogen) atoms. The van der Waals surface area contributed by atoms with Crippen molar-refractivity contribution in [2.75, 3.05) is 5.73 Å². The molecule has 0 aliphatic rings. The van der Waals surface area contributed by atoms with Crippen LogP contribution in [-0.2, 0) is 6.61 Å². The molecule has 0 saturated carbocycles. The lowest BCUT2D eigenvalue weighted by Gasteiger charge is -2.13. The van der Waals surface area contributed by atoms with Crippen molar-refractivity contribution in [2.24, 2.45) is 0 Å². The third-order valence-corrected chi connectivity index (χ3v) is 1.90. The molecule has 0 radical (unpaired) electrons. The van der Waals surface area contributed by atoms with E-state index in [0.29, 0.717) is 0 Å². The molecule has 1 aromatic carbocycles. The van der Waals surface area contributed by atoms with Crippen molar-refractivity contribution in [3.05, 3.63) is 22.7 Å². The van der Waals surface area contributed by atoms with Crippen LogP contribution >= 0.6 is 11.6 Å². The van der Waals surface area contributed by atoms with Gasteiger partial charge in [0.2, 0.25) is 0 Å². The summed E-state index contributed by atoms with van der Waals surface area (Å²) < 4.78 is 39.4. The zero-order valence-corrected chi connectivity index (χ0v) is 8.06. The normalized spacial score (nSPS) is 11.5. The lowest BCUT2D eigenvalue weighted by Crippen LogP contribution is -2.18. The average Bonchev–Trinajstić information content (AvgIpc) is 2.08. The molecule has 1 rings (SSSR count). The van der Waals surface area contributed by atoms with E-state index in [4.69, 9.17) is 22.4 Å². The molecule has 0 aliphatic carbocycles. The molecule has 0 spiro atoms. The number of rotatable bonds is 2. The Labute approximate surface area is 88.2 Å². The summed E-state index contributed by atoms with van der Waals surface area (Å²) in [5.41, 5.74) is 5.35. The van der Waals surface area contributed by atoms with Gasteiger partial charge in [0.1, 0.15) is 5.75 Å². The molecule has 0 aromatic heterocycles. The van der Waals surface area contributed by atoms with Gasteiger partial charge in [-0.25, -0.2) is 0 Å². The van der Waals surface area contributed by atoms with E-state index in [1.54, 1.807) is 0 Å². The lowest BCUT2D eigenvalue weighted by atomic mass is 10.2. The molecule has 0 fully saturated rings. The second-order valence-corrected chi connectivity index (χ2v) is 3.09. The van der Waals surface area contributed by atoms with Crippen LogP contribution in [0.5, 0.6) is 5.75 Å². The smallest absolute Gasteiger partial charge is 0.405 e. The van der Waals surface area contributed by atoms with Crippen LogP contribution in [0.25, 0.3) is 0 Å². The highest BCUT2D eigenvalue weighted by molar-refractivity contribution is 6.33. The fourth-order valence-corrected chi connectivity index (χ4v) is 1.12. The van der Waals surface area contributed by atoms with Crippen LogP contribution in [0.4, 0.5) is 18.9 Å². The Morgan fingerprint density at radius 2 is 2.00 bits per heavy atom. The van der Waals surface area contributed by atoms with Gasteiger partial charge >= 0.3 is 6.36 Å². The van der Waals surface area contributed by atoms with Gasteiger partial charge in [0, 0.05) is 11.6 Å². The fraction of sp³-hybridized carbons (Fsp3) is 0.250. The number of nitrogen functional groups attached to an aromatic ring is 1. The van der Waals surface area contributed by atoms with Crippen molar-refractivity contribution >= 4 is 17.3 Å². The highest BCUT2D eigenvalue weighted by Crippen LogP contribution is 2.32. The molecular formula is C8H7ClF3NO2. The zero-order valence-electron chi connectivity index (χ0n) is 7.31. The number of halogens is 4. The summed E-state index contributed by atoms with van der Waals surface area (Å²) in [7, 11) is 0. The summed E-state index contributed by atoms with van der Waals surface area (Å²) in [6.07, 6.45) is -4.83. The lowest BCUT2D eigenvalue weighted by molar-refractivity contribution is -0.275. The number of benzene rings is 1. The van der Waals surface area contributed by atoms with E-state index in [0.717, 1.165) is 12.1 Å². The maximum Gasteiger partial charge on any atom is 0.573 e. The quantitative estimate of drug-likeness (QED) is 0.782. The molecule has 1 aromatic rings. The third-order valence-electron chi connectivity index (χ3n) is 1.58. The fourth-order valence-electron chi connectivity index (χ4n) is 0.962. The summed E-state index contributed by atoms with van der Waals surface area (Å²) in [5, 5.41) is 8.72. The number of alkyl halides is 3. The van der Waals surface area contributed by atoms with Crippen molar-refractivity contribution < 1.29 is 23.0 Å². The minimum Gasteiger partial charge on any atom is -0.405 e. The molecule has 0 amide bonds. The van der Waals surface area contributed by atoms with E-state index in [9.17, 15) is 13.2 Å². The third kappa shape index (κ3) is 3.17. The summed E-state index contributed by atoms with van der Waals surface area (Å²) in [5.74, 6) is -0.552. The molecule has 7 heteroatoms. The summed E-state index contributed by atoms with van der Waals surface area (Å²) in [6.45, 7) is -0.618. The second kappa shape index (κ2) is 4.16. The van der Waals surface area contributed by atoms with Crippen molar-refractivity contribution in [3.63, 3.8) is 0 Å². The first-order chi connectivity index (χ1) is 6.83. The van der Waals surface area contributed by atoms with E-state index >= 15 is 0 Å². The Kier molecular flexibility index (Phi) is 3.31. The maximum atomic E-state index is 11.9. The summed E-state index contributed by atoms with van der Waals surface area (Å²) in [6, 6.07) is 2.04. The summed E-state index contributed by atoms with van der Waals surface area (Å²) in [4.78, 5) is 0. The first kappa shape index (κ1) is 11.9. The molecule has 0 heterocycles. The van der Waals surface area contributed by atoms with Gasteiger partial charge in [0.05, 0.1) is 17.3 Å². The van der Waals surface area contributed by atoms with Crippen LogP contribution in [0, 0.1) is 0 Å². The van der Waals surface area contributed by atoms with Gasteiger partial charge in [-0.2, -0.15) is 0 Å². The van der Waals surface area contributed by atoms with Gasteiger partial charge in [-0.1, -0.05) is 11.6 Å². The first-order valence-electron chi connectivity index (χ1n) is 3.78. The molecular weight excluding hydrogens is 235 g/mol. The first-order valence-corrected chi connectivity index (χ1v) is 4.16. The predicted octanol–water partition coefficient (Wildman–Crippen LogP) is 2.31. The van der Waals surface area contributed by atoms with Gasteiger partial charge in [-0.05, 0) is 6.07 Å². The number of hydrogen-bond donors (Lipinski definition) is 2. The van der Waals surface area contributed by atoms with Crippen molar-refractivity contribution in [1.29, 1.82) is 0 Å². The highest BCUT2D eigenvalue weighted by Gasteiger charge is 2.32. The van der Waals surface area contributed by atoms with Gasteiger partial charge in [0.25, 0.3) is 0 Å². The van der Waals surface area contributed by atoms with Crippen LogP contribution in [0.15, 0.2) is 12.1 Å². The monoisotopic (exact) mass is 241 g/mol. The Morgan fingerprint density at radius 3 is 2.47 bits per heavy atom. The SMILES string of the molecule is Nc1cc(CO)c(OC(F)(F)F)cc1Cl. The van der Waals surface area contributed by atoms with Gasteiger partial charge in [0.15, 0.2) is 0 Å². The van der Waals surface area contributed by atoms with Gasteiger partial charge in [-0.3, -0.25) is 0 Å². The molecule has 3 nitrogen and oxygen atoms in total. The maximum absolute atomic E-state index is 11.9. The molecule has 84 valence electrons. The largest absolute Gasteiger partial charge is 0.573 e. The molecule has 3 N–H and O–H groups in total. The van der Waals surface area contributed by atoms with E-state index in [1.165, 1.54) is 0 Å². The Balaban J connectivity index is 3.11. The zero-order chi connectivity index (χ0) is 11.6. The molecule has 0 bridgehead atoms. The Bertz CT molecular complexity index is 368. The van der Waals surface area contributed by atoms with E-state index in [2.05, 4.69) is 4.74 Å². The molecule has 0 saturated heterocycles. The van der Waals surface area contributed by atoms with Crippen molar-refractivity contribution in [1.82, 2.24) is 0 Å². The summed E-state index contributed by atoms with van der Waals surface area (Å²) >= 11 is 5.52. The Morgan fingerprint density at radius 1 is 1.40 bits per heavy atom. The van der Waals surface area contributed by atoms with Crippen molar-refractivity contribution in [3.8, 4) is 5.75 Å². The highest BCUT2D eigenvalue weighted by atomic mass is 35.5. The van der Waals surface area contributed by atoms with Gasteiger partial charge in [-0.15, -0.1) is 13.2 Å². The molecule has 0 unspecified atom stereocenters. The van der Waals surface area contributed by atoms with Crippen LogP contribution in [-0.4, -0.2) is 11.5 Å². The minimum absolute atomic E-state index is 0.0635. The van der Waals surface area contributed by atoms with Crippen molar-refractivity contribution in [2.45, 2.75) is 13.0 Å². The number of aliphatic hydroxyl groups is 1. The minimum atomic E-state index is -4.83. The standard InChI is InChI=1S/C8H7ClF3NO2/c9-5-2-7(15-8(10,11)12)4(3-14)1-6(5)13/h1-2,14H,3,13H2. The second-order valence-electron chi connectivity index (χ2n) is 2.69. The number of anilines is 1. The van der Waals surface area contributed by atoms with Crippen LogP contribution < -0.4 is 10.5 Å². The van der Waals surface area contributed by atoms with E-state index in [-0.39, 0.29) is 16.3 Å². The average molecular weight is 242 g/mol. The molecule has 0 atom stereocenters. The molecule has 0 aliphatic heterocycles. The number of aliphatic hydroxyl groups excluding tert-OH is 1. The number of ether oxygens (including phenoxy) is 1. The number of hydrogen-bond acceptors (Lipinski definition) is 3. The Hall–Kier alpha value is -1.14.